The van der Waals surface area contributed by atoms with Crippen molar-refractivity contribution in [1.82, 2.24) is 24.2 Å². The van der Waals surface area contributed by atoms with Crippen molar-refractivity contribution in [2.24, 2.45) is 0 Å². The van der Waals surface area contributed by atoms with Crippen molar-refractivity contribution in [3.8, 4) is 0 Å². The molecule has 154 valence electrons. The second-order valence-electron chi connectivity index (χ2n) is 7.80. The van der Waals surface area contributed by atoms with Gasteiger partial charge in [0.05, 0.1) is 5.52 Å². The lowest BCUT2D eigenvalue weighted by Crippen LogP contribution is -2.41. The molecule has 3 aromatic rings. The number of carbonyl (C=O) groups excluding carboxylic acids is 1. The molecule has 4 heterocycles. The average molecular weight is 396 g/mol. The summed E-state index contributed by atoms with van der Waals surface area (Å²) in [7, 11) is 0. The molecule has 1 aliphatic rings. The average Bonchev–Trinajstić information content (AvgIpc) is 3.25. The topological polar surface area (TPSA) is 71.6 Å². The van der Waals surface area contributed by atoms with Gasteiger partial charge >= 0.3 is 0 Å². The van der Waals surface area contributed by atoms with Gasteiger partial charge in [-0.2, -0.15) is 0 Å². The Kier molecular flexibility index (Phi) is 5.94. The van der Waals surface area contributed by atoms with Crippen molar-refractivity contribution < 1.29 is 4.79 Å². The molecule has 0 aliphatic carbocycles. The first-order valence-electron chi connectivity index (χ1n) is 10.6. The van der Waals surface area contributed by atoms with Crippen LogP contribution in [-0.2, 0) is 11.3 Å². The molecule has 1 fully saturated rings. The molecule has 0 unspecified atom stereocenters. The van der Waals surface area contributed by atoms with Gasteiger partial charge in [0.2, 0.25) is 5.91 Å². The van der Waals surface area contributed by atoms with Crippen LogP contribution in [0.4, 0.5) is 0 Å². The van der Waals surface area contributed by atoms with Crippen molar-refractivity contribution in [2.75, 3.05) is 19.6 Å². The Labute approximate surface area is 170 Å². The minimum Gasteiger partial charge on any atom is -0.354 e. The van der Waals surface area contributed by atoms with E-state index in [9.17, 15) is 9.59 Å². The minimum absolute atomic E-state index is 0.0185. The first-order valence-corrected chi connectivity index (χ1v) is 10.6. The molecule has 7 nitrogen and oxygen atoms in total. The third-order valence-electron chi connectivity index (χ3n) is 5.96. The van der Waals surface area contributed by atoms with Crippen LogP contribution < -0.4 is 10.9 Å². The molecule has 1 saturated heterocycles. The Morgan fingerprint density at radius 3 is 2.97 bits per heavy atom. The summed E-state index contributed by atoms with van der Waals surface area (Å²) >= 11 is 0. The van der Waals surface area contributed by atoms with Crippen molar-refractivity contribution in [3.63, 3.8) is 0 Å². The Morgan fingerprint density at radius 2 is 2.10 bits per heavy atom. The zero-order valence-corrected chi connectivity index (χ0v) is 17.0. The molecule has 0 bridgehead atoms. The van der Waals surface area contributed by atoms with Gasteiger partial charge in [0.15, 0.2) is 5.65 Å². The molecule has 0 spiro atoms. The van der Waals surface area contributed by atoms with E-state index in [1.807, 2.05) is 28.8 Å². The monoisotopic (exact) mass is 395 g/mol. The number of hydrogen-bond donors (Lipinski definition) is 1. The number of nitrogens with one attached hydrogen (secondary N) is 1. The molecule has 29 heavy (non-hydrogen) atoms. The molecule has 0 saturated carbocycles. The number of pyridine rings is 1. The fourth-order valence-electron chi connectivity index (χ4n) is 4.46. The van der Waals surface area contributed by atoms with Crippen molar-refractivity contribution >= 4 is 22.6 Å². The van der Waals surface area contributed by atoms with Crippen LogP contribution in [0.25, 0.3) is 16.7 Å². The van der Waals surface area contributed by atoms with Gasteiger partial charge in [0.1, 0.15) is 12.1 Å². The molecule has 1 N–H and O–H groups in total. The van der Waals surface area contributed by atoms with E-state index in [0.717, 1.165) is 25.0 Å². The predicted molar refractivity (Wildman–Crippen MR) is 114 cm³/mol. The summed E-state index contributed by atoms with van der Waals surface area (Å²) in [5, 5.41) is 2.98. The molecule has 1 aliphatic heterocycles. The molecule has 7 heteroatoms. The standard InChI is InChI=1S/C22H29N5O2/c1-2-17-8-3-4-13-25(17)14-7-12-23-20(28)16-27-21-18(9-5-11-24-21)26-15-6-10-19(26)22(27)29/h5-6,9-11,15,17H,2-4,7-8,12-14,16H2,1H3,(H,23,28)/t17-/m0/s1. The summed E-state index contributed by atoms with van der Waals surface area (Å²) in [6.45, 7) is 5.04. The van der Waals surface area contributed by atoms with E-state index in [-0.39, 0.29) is 18.0 Å². The second kappa shape index (κ2) is 8.78. The van der Waals surface area contributed by atoms with Crippen LogP contribution in [0.15, 0.2) is 41.5 Å². The van der Waals surface area contributed by atoms with Crippen LogP contribution in [0.3, 0.4) is 0 Å². The summed E-state index contributed by atoms with van der Waals surface area (Å²) < 4.78 is 3.29. The molecular weight excluding hydrogens is 366 g/mol. The van der Waals surface area contributed by atoms with E-state index in [1.165, 1.54) is 30.3 Å². The van der Waals surface area contributed by atoms with Gasteiger partial charge in [-0.15, -0.1) is 0 Å². The van der Waals surface area contributed by atoms with E-state index in [0.29, 0.717) is 23.8 Å². The summed E-state index contributed by atoms with van der Waals surface area (Å²) in [4.78, 5) is 32.3. The Hall–Kier alpha value is -2.67. The van der Waals surface area contributed by atoms with Crippen molar-refractivity contribution in [1.29, 1.82) is 0 Å². The Balaban J connectivity index is 1.40. The zero-order chi connectivity index (χ0) is 20.2. The zero-order valence-electron chi connectivity index (χ0n) is 17.0. The van der Waals surface area contributed by atoms with E-state index >= 15 is 0 Å². The molecule has 1 atom stereocenters. The third kappa shape index (κ3) is 4.05. The Morgan fingerprint density at radius 1 is 1.24 bits per heavy atom. The number of nitrogens with zero attached hydrogens (tertiary/aromatic N) is 4. The maximum atomic E-state index is 12.9. The van der Waals surface area contributed by atoms with Gasteiger partial charge in [-0.1, -0.05) is 13.3 Å². The minimum atomic E-state index is -0.199. The van der Waals surface area contributed by atoms with E-state index in [1.54, 1.807) is 12.3 Å². The fourth-order valence-corrected chi connectivity index (χ4v) is 4.46. The van der Waals surface area contributed by atoms with Crippen LogP contribution in [0.1, 0.15) is 39.0 Å². The third-order valence-corrected chi connectivity index (χ3v) is 5.96. The normalized spacial score (nSPS) is 17.8. The number of fused-ring (bicyclic) bond motifs is 3. The maximum absolute atomic E-state index is 12.9. The SMILES string of the molecule is CC[C@H]1CCCCN1CCCNC(=O)Cn1c(=O)c2cccn2c2cccnc21. The molecular formula is C22H29N5O2. The maximum Gasteiger partial charge on any atom is 0.276 e. The van der Waals surface area contributed by atoms with Gasteiger partial charge in [0, 0.05) is 31.5 Å². The number of carbonyl (C=O) groups is 1. The molecule has 0 aromatic carbocycles. The lowest BCUT2D eigenvalue weighted by molar-refractivity contribution is -0.121. The molecule has 4 rings (SSSR count). The highest BCUT2D eigenvalue weighted by Gasteiger charge is 2.20. The lowest BCUT2D eigenvalue weighted by Gasteiger charge is -2.35. The summed E-state index contributed by atoms with van der Waals surface area (Å²) in [5.41, 5.74) is 1.69. The quantitative estimate of drug-likeness (QED) is 0.624. The molecule has 1 amide bonds. The second-order valence-corrected chi connectivity index (χ2v) is 7.80. The first kappa shape index (κ1) is 19.6. The van der Waals surface area contributed by atoms with E-state index < -0.39 is 0 Å². The highest BCUT2D eigenvalue weighted by molar-refractivity contribution is 5.80. The van der Waals surface area contributed by atoms with Crippen LogP contribution in [-0.4, -0.2) is 50.4 Å². The van der Waals surface area contributed by atoms with Gasteiger partial charge in [-0.05, 0) is 56.5 Å². The highest BCUT2D eigenvalue weighted by atomic mass is 16.2. The number of likely N-dealkylation sites (tertiary alicyclic amines) is 1. The first-order chi connectivity index (χ1) is 14.2. The van der Waals surface area contributed by atoms with Gasteiger partial charge in [0.25, 0.3) is 5.56 Å². The fraction of sp³-hybridized carbons (Fsp3) is 0.500. The van der Waals surface area contributed by atoms with Gasteiger partial charge < -0.3 is 14.6 Å². The Bertz CT molecular complexity index is 1050. The van der Waals surface area contributed by atoms with Crippen LogP contribution >= 0.6 is 0 Å². The smallest absolute Gasteiger partial charge is 0.276 e. The highest BCUT2D eigenvalue weighted by Crippen LogP contribution is 2.19. The molecule has 0 radical (unpaired) electrons. The number of piperidine rings is 1. The van der Waals surface area contributed by atoms with Gasteiger partial charge in [-0.3, -0.25) is 14.2 Å². The largest absolute Gasteiger partial charge is 0.354 e. The predicted octanol–water partition coefficient (Wildman–Crippen LogP) is 2.42. The number of aromatic nitrogens is 3. The van der Waals surface area contributed by atoms with Crippen molar-refractivity contribution in [2.45, 2.75) is 51.6 Å². The number of rotatable bonds is 7. The van der Waals surface area contributed by atoms with Crippen LogP contribution in [0.5, 0.6) is 0 Å². The van der Waals surface area contributed by atoms with E-state index in [2.05, 4.69) is 22.1 Å². The summed E-state index contributed by atoms with van der Waals surface area (Å²) in [5.74, 6) is -0.152. The van der Waals surface area contributed by atoms with Gasteiger partial charge in [-0.25, -0.2) is 4.98 Å². The lowest BCUT2D eigenvalue weighted by atomic mass is 10.00. The summed E-state index contributed by atoms with van der Waals surface area (Å²) in [6, 6.07) is 8.03. The van der Waals surface area contributed by atoms with Crippen LogP contribution in [0.2, 0.25) is 0 Å². The van der Waals surface area contributed by atoms with Crippen LogP contribution in [0, 0.1) is 0 Å². The number of hydrogen-bond acceptors (Lipinski definition) is 4. The number of amides is 1. The molecule has 3 aromatic heterocycles. The summed E-state index contributed by atoms with van der Waals surface area (Å²) in [6.07, 6.45) is 9.49. The van der Waals surface area contributed by atoms with Crippen molar-refractivity contribution in [3.05, 3.63) is 47.0 Å². The van der Waals surface area contributed by atoms with E-state index in [4.69, 9.17) is 0 Å².